The second kappa shape index (κ2) is 7.57. The molecule has 0 unspecified atom stereocenters. The van der Waals surface area contributed by atoms with Crippen LogP contribution < -0.4 is 5.32 Å². The predicted octanol–water partition coefficient (Wildman–Crippen LogP) is 3.35. The first-order valence-electron chi connectivity index (χ1n) is 7.97. The Morgan fingerprint density at radius 3 is 2.72 bits per heavy atom. The number of furan rings is 1. The summed E-state index contributed by atoms with van der Waals surface area (Å²) in [4.78, 5) is 12.2. The normalized spacial score (nSPS) is 12.1. The molecule has 0 bridgehead atoms. The van der Waals surface area contributed by atoms with Gasteiger partial charge in [0, 0.05) is 7.05 Å². The molecule has 7 heteroatoms. The Morgan fingerprint density at radius 2 is 2.04 bits per heavy atom. The van der Waals surface area contributed by atoms with Crippen LogP contribution in [0.15, 0.2) is 52.2 Å². The molecule has 1 amide bonds. The fourth-order valence-corrected chi connectivity index (χ4v) is 3.25. The number of carbonyl (C=O) groups is 1. The van der Waals surface area contributed by atoms with Gasteiger partial charge in [-0.1, -0.05) is 42.1 Å². The van der Waals surface area contributed by atoms with Crippen LogP contribution in [0.1, 0.15) is 24.3 Å². The Bertz CT molecular complexity index is 857. The number of aromatic nitrogens is 3. The molecule has 130 valence electrons. The van der Waals surface area contributed by atoms with Crippen LogP contribution in [-0.2, 0) is 11.8 Å². The highest BCUT2D eigenvalue weighted by molar-refractivity contribution is 7.99. The summed E-state index contributed by atoms with van der Waals surface area (Å²) in [5, 5.41) is 12.1. The number of amides is 1. The van der Waals surface area contributed by atoms with Crippen LogP contribution in [0.2, 0.25) is 0 Å². The van der Waals surface area contributed by atoms with Crippen molar-refractivity contribution in [2.45, 2.75) is 25.0 Å². The average Bonchev–Trinajstić information content (AvgIpc) is 3.19. The van der Waals surface area contributed by atoms with Gasteiger partial charge in [-0.05, 0) is 25.5 Å². The summed E-state index contributed by atoms with van der Waals surface area (Å²) in [7, 11) is 1.88. The van der Waals surface area contributed by atoms with E-state index in [2.05, 4.69) is 15.5 Å². The second-order valence-corrected chi connectivity index (χ2v) is 6.69. The Kier molecular flexibility index (Phi) is 5.23. The molecule has 0 saturated heterocycles. The number of hydrogen-bond acceptors (Lipinski definition) is 5. The fraction of sp³-hybridized carbons (Fsp3) is 0.278. The largest absolute Gasteiger partial charge is 0.469 e. The van der Waals surface area contributed by atoms with Crippen LogP contribution >= 0.6 is 11.8 Å². The highest BCUT2D eigenvalue weighted by atomic mass is 32.2. The summed E-state index contributed by atoms with van der Waals surface area (Å²) >= 11 is 1.36. The predicted molar refractivity (Wildman–Crippen MR) is 97.2 cm³/mol. The first-order valence-corrected chi connectivity index (χ1v) is 8.95. The van der Waals surface area contributed by atoms with E-state index in [1.54, 1.807) is 6.26 Å². The van der Waals surface area contributed by atoms with E-state index in [1.165, 1.54) is 11.8 Å². The van der Waals surface area contributed by atoms with E-state index in [9.17, 15) is 4.79 Å². The highest BCUT2D eigenvalue weighted by Gasteiger charge is 2.16. The molecule has 2 heterocycles. The topological polar surface area (TPSA) is 72.9 Å². The molecule has 3 aromatic rings. The van der Waals surface area contributed by atoms with Crippen molar-refractivity contribution >= 4 is 17.7 Å². The Morgan fingerprint density at radius 1 is 1.28 bits per heavy atom. The molecule has 2 aromatic heterocycles. The van der Waals surface area contributed by atoms with Gasteiger partial charge in [-0.15, -0.1) is 10.2 Å². The molecular formula is C18H20N4O2S. The van der Waals surface area contributed by atoms with E-state index in [0.29, 0.717) is 5.16 Å². The first kappa shape index (κ1) is 17.3. The third-order valence-corrected chi connectivity index (χ3v) is 4.96. The maximum atomic E-state index is 12.2. The molecule has 0 aliphatic rings. The van der Waals surface area contributed by atoms with Crippen molar-refractivity contribution in [2.75, 3.05) is 5.75 Å². The number of benzene rings is 1. The Labute approximate surface area is 150 Å². The highest BCUT2D eigenvalue weighted by Crippen LogP contribution is 2.25. The molecular weight excluding hydrogens is 336 g/mol. The molecule has 3 rings (SSSR count). The van der Waals surface area contributed by atoms with Gasteiger partial charge in [0.05, 0.1) is 23.6 Å². The smallest absolute Gasteiger partial charge is 0.230 e. The Balaban J connectivity index is 1.60. The summed E-state index contributed by atoms with van der Waals surface area (Å²) in [5.74, 6) is 1.77. The summed E-state index contributed by atoms with van der Waals surface area (Å²) in [5.41, 5.74) is 1.99. The monoisotopic (exact) mass is 356 g/mol. The SMILES string of the molecule is Cc1occc1-c1nnc(SCC(=O)N[C@@H](C)c2ccccc2)n1C. The maximum Gasteiger partial charge on any atom is 0.230 e. The van der Waals surface area contributed by atoms with Gasteiger partial charge in [0.1, 0.15) is 5.76 Å². The lowest BCUT2D eigenvalue weighted by Gasteiger charge is -2.13. The zero-order valence-corrected chi connectivity index (χ0v) is 15.2. The van der Waals surface area contributed by atoms with Crippen molar-refractivity contribution in [3.63, 3.8) is 0 Å². The van der Waals surface area contributed by atoms with E-state index in [0.717, 1.165) is 22.7 Å². The zero-order chi connectivity index (χ0) is 17.8. The molecule has 0 aliphatic heterocycles. The van der Waals surface area contributed by atoms with Crippen LogP contribution in [0.3, 0.4) is 0 Å². The van der Waals surface area contributed by atoms with E-state index >= 15 is 0 Å². The minimum Gasteiger partial charge on any atom is -0.469 e. The van der Waals surface area contributed by atoms with Crippen molar-refractivity contribution in [3.05, 3.63) is 54.0 Å². The van der Waals surface area contributed by atoms with Crippen LogP contribution in [0.4, 0.5) is 0 Å². The Hall–Kier alpha value is -2.54. The van der Waals surface area contributed by atoms with Gasteiger partial charge in [0.15, 0.2) is 11.0 Å². The van der Waals surface area contributed by atoms with E-state index in [-0.39, 0.29) is 17.7 Å². The number of hydrogen-bond donors (Lipinski definition) is 1. The first-order chi connectivity index (χ1) is 12.1. The molecule has 1 atom stereocenters. The number of thioether (sulfide) groups is 1. The summed E-state index contributed by atoms with van der Waals surface area (Å²) in [6.45, 7) is 3.86. The van der Waals surface area contributed by atoms with Gasteiger partial charge >= 0.3 is 0 Å². The summed E-state index contributed by atoms with van der Waals surface area (Å²) in [6, 6.07) is 11.7. The van der Waals surface area contributed by atoms with E-state index < -0.39 is 0 Å². The molecule has 0 aliphatic carbocycles. The van der Waals surface area contributed by atoms with Crippen molar-refractivity contribution in [2.24, 2.45) is 7.05 Å². The van der Waals surface area contributed by atoms with Crippen molar-refractivity contribution in [3.8, 4) is 11.4 Å². The van der Waals surface area contributed by atoms with E-state index in [4.69, 9.17) is 4.42 Å². The molecule has 6 nitrogen and oxygen atoms in total. The summed E-state index contributed by atoms with van der Waals surface area (Å²) in [6.07, 6.45) is 1.63. The van der Waals surface area contributed by atoms with E-state index in [1.807, 2.05) is 61.9 Å². The molecule has 0 radical (unpaired) electrons. The van der Waals surface area contributed by atoms with Crippen LogP contribution in [0.25, 0.3) is 11.4 Å². The van der Waals surface area contributed by atoms with Crippen molar-refractivity contribution in [1.82, 2.24) is 20.1 Å². The third-order valence-electron chi connectivity index (χ3n) is 3.94. The molecule has 1 N–H and O–H groups in total. The minimum absolute atomic E-state index is 0.0297. The van der Waals surface area contributed by atoms with Crippen molar-refractivity contribution in [1.29, 1.82) is 0 Å². The van der Waals surface area contributed by atoms with Gasteiger partial charge in [-0.25, -0.2) is 0 Å². The molecule has 0 saturated carbocycles. The molecule has 0 fully saturated rings. The number of nitrogens with zero attached hydrogens (tertiary/aromatic N) is 3. The standard InChI is InChI=1S/C18H20N4O2S/c1-12(14-7-5-4-6-8-14)19-16(23)11-25-18-21-20-17(22(18)3)15-9-10-24-13(15)2/h4-10,12H,11H2,1-3H3,(H,19,23)/t12-/m0/s1. The molecule has 25 heavy (non-hydrogen) atoms. The van der Waals surface area contributed by atoms with Crippen LogP contribution in [0.5, 0.6) is 0 Å². The third kappa shape index (κ3) is 3.93. The van der Waals surface area contributed by atoms with Crippen LogP contribution in [0, 0.1) is 6.92 Å². The number of rotatable bonds is 6. The van der Waals surface area contributed by atoms with Gasteiger partial charge in [-0.3, -0.25) is 4.79 Å². The zero-order valence-electron chi connectivity index (χ0n) is 14.4. The minimum atomic E-state index is -0.0367. The second-order valence-electron chi connectivity index (χ2n) is 5.74. The number of aryl methyl sites for hydroxylation is 1. The lowest BCUT2D eigenvalue weighted by molar-refractivity contribution is -0.119. The van der Waals surface area contributed by atoms with Crippen molar-refractivity contribution < 1.29 is 9.21 Å². The van der Waals surface area contributed by atoms with Gasteiger partial charge < -0.3 is 14.3 Å². The van der Waals surface area contributed by atoms with Gasteiger partial charge in [0.25, 0.3) is 0 Å². The number of carbonyl (C=O) groups excluding carboxylic acids is 1. The lowest BCUT2D eigenvalue weighted by atomic mass is 10.1. The van der Waals surface area contributed by atoms with Crippen LogP contribution in [-0.4, -0.2) is 26.4 Å². The fourth-order valence-electron chi connectivity index (χ4n) is 2.53. The van der Waals surface area contributed by atoms with Gasteiger partial charge in [0.2, 0.25) is 5.91 Å². The number of nitrogens with one attached hydrogen (secondary N) is 1. The quantitative estimate of drug-likeness (QED) is 0.686. The maximum absolute atomic E-state index is 12.2. The lowest BCUT2D eigenvalue weighted by Crippen LogP contribution is -2.28. The average molecular weight is 356 g/mol. The molecule has 0 spiro atoms. The summed E-state index contributed by atoms with van der Waals surface area (Å²) < 4.78 is 7.19. The van der Waals surface area contributed by atoms with Gasteiger partial charge in [-0.2, -0.15) is 0 Å². The molecule has 1 aromatic carbocycles.